The van der Waals surface area contributed by atoms with Crippen molar-refractivity contribution >= 4 is 23.2 Å². The van der Waals surface area contributed by atoms with Crippen LogP contribution in [0.25, 0.3) is 0 Å². The second-order valence-electron chi connectivity index (χ2n) is 6.91. The van der Waals surface area contributed by atoms with E-state index in [0.29, 0.717) is 38.5 Å². The molecule has 3 rings (SSSR count). The van der Waals surface area contributed by atoms with Crippen LogP contribution in [0.2, 0.25) is 0 Å². The van der Waals surface area contributed by atoms with Gasteiger partial charge in [0, 0.05) is 37.0 Å². The number of benzene rings is 1. The van der Waals surface area contributed by atoms with Crippen LogP contribution in [0.4, 0.5) is 8.78 Å². The molecule has 2 aromatic rings. The second-order valence-corrected chi connectivity index (χ2v) is 7.91. The third kappa shape index (κ3) is 4.35. The molecular formula is C20H22F2N2O2S. The summed E-state index contributed by atoms with van der Waals surface area (Å²) in [4.78, 5) is 29.6. The fourth-order valence-corrected chi connectivity index (χ4v) is 4.29. The molecule has 0 aliphatic carbocycles. The largest absolute Gasteiger partial charge is 0.340 e. The molecular weight excluding hydrogens is 370 g/mol. The van der Waals surface area contributed by atoms with E-state index in [9.17, 15) is 18.4 Å². The molecule has 1 fully saturated rings. The summed E-state index contributed by atoms with van der Waals surface area (Å²) in [6.45, 7) is 3.39. The van der Waals surface area contributed by atoms with Crippen molar-refractivity contribution < 1.29 is 18.4 Å². The number of nitrogens with zero attached hydrogens (tertiary/aromatic N) is 2. The van der Waals surface area contributed by atoms with Crippen molar-refractivity contribution in [2.75, 3.05) is 20.1 Å². The van der Waals surface area contributed by atoms with Gasteiger partial charge in [0.25, 0.3) is 5.91 Å². The summed E-state index contributed by atoms with van der Waals surface area (Å²) in [6, 6.07) is 5.00. The molecule has 0 radical (unpaired) electrons. The molecule has 0 atom stereocenters. The van der Waals surface area contributed by atoms with E-state index in [1.807, 2.05) is 18.4 Å². The highest BCUT2D eigenvalue weighted by Gasteiger charge is 2.30. The number of halogens is 2. The number of rotatable bonds is 4. The van der Waals surface area contributed by atoms with Gasteiger partial charge in [0.05, 0.1) is 12.1 Å². The predicted octanol–water partition coefficient (Wildman–Crippen LogP) is 3.85. The highest BCUT2D eigenvalue weighted by atomic mass is 32.1. The highest BCUT2D eigenvalue weighted by Crippen LogP contribution is 2.24. The number of carbonyl (C=O) groups excluding carboxylic acids is 2. The summed E-state index contributed by atoms with van der Waals surface area (Å²) < 4.78 is 26.9. The second kappa shape index (κ2) is 8.17. The monoisotopic (exact) mass is 392 g/mol. The van der Waals surface area contributed by atoms with Crippen molar-refractivity contribution in [3.63, 3.8) is 0 Å². The maximum Gasteiger partial charge on any atom is 0.256 e. The van der Waals surface area contributed by atoms with Crippen LogP contribution >= 0.6 is 11.3 Å². The number of aryl methyl sites for hydroxylation is 1. The van der Waals surface area contributed by atoms with Crippen molar-refractivity contribution in [2.45, 2.75) is 26.3 Å². The highest BCUT2D eigenvalue weighted by molar-refractivity contribution is 7.10. The molecule has 27 heavy (non-hydrogen) atoms. The molecule has 1 aromatic carbocycles. The fraction of sp³-hybridized carbons (Fsp3) is 0.400. The van der Waals surface area contributed by atoms with Gasteiger partial charge in [-0.25, -0.2) is 8.78 Å². The Morgan fingerprint density at radius 2 is 1.93 bits per heavy atom. The Labute approximate surface area is 161 Å². The van der Waals surface area contributed by atoms with Crippen LogP contribution in [0.15, 0.2) is 29.6 Å². The molecule has 0 N–H and O–H groups in total. The van der Waals surface area contributed by atoms with Gasteiger partial charge in [0.15, 0.2) is 0 Å². The zero-order valence-electron chi connectivity index (χ0n) is 15.4. The van der Waals surface area contributed by atoms with Crippen LogP contribution in [0.5, 0.6) is 0 Å². The van der Waals surface area contributed by atoms with E-state index in [4.69, 9.17) is 0 Å². The average Bonchev–Trinajstić information content (AvgIpc) is 3.05. The van der Waals surface area contributed by atoms with Crippen molar-refractivity contribution in [1.82, 2.24) is 9.80 Å². The number of hydrogen-bond donors (Lipinski definition) is 0. The number of piperidine rings is 1. The number of carbonyl (C=O) groups is 2. The summed E-state index contributed by atoms with van der Waals surface area (Å²) in [6.07, 6.45) is 1.09. The molecule has 4 nitrogen and oxygen atoms in total. The molecule has 1 aliphatic heterocycles. The van der Waals surface area contributed by atoms with Crippen LogP contribution < -0.4 is 0 Å². The van der Waals surface area contributed by atoms with E-state index >= 15 is 0 Å². The Balaban J connectivity index is 1.57. The Kier molecular flexibility index (Phi) is 5.89. The van der Waals surface area contributed by atoms with Gasteiger partial charge < -0.3 is 9.80 Å². The molecule has 1 aliphatic rings. The average molecular weight is 392 g/mol. The van der Waals surface area contributed by atoms with Crippen LogP contribution in [0.1, 0.15) is 33.6 Å². The lowest BCUT2D eigenvalue weighted by Gasteiger charge is -2.33. The minimum absolute atomic E-state index is 0.0721. The molecule has 7 heteroatoms. The SMILES string of the molecule is Cc1ccsc1CN(C)C(=O)C1CCN(C(=O)c2ccc(F)cc2F)CC1. The lowest BCUT2D eigenvalue weighted by atomic mass is 9.94. The lowest BCUT2D eigenvalue weighted by Crippen LogP contribution is -2.43. The van der Waals surface area contributed by atoms with Crippen LogP contribution in [-0.4, -0.2) is 41.8 Å². The topological polar surface area (TPSA) is 40.6 Å². The first-order valence-corrected chi connectivity index (χ1v) is 9.77. The minimum Gasteiger partial charge on any atom is -0.340 e. The van der Waals surface area contributed by atoms with E-state index in [0.717, 1.165) is 6.07 Å². The van der Waals surface area contributed by atoms with Gasteiger partial charge in [-0.2, -0.15) is 0 Å². The van der Waals surface area contributed by atoms with Gasteiger partial charge in [-0.15, -0.1) is 11.3 Å². The number of amides is 2. The van der Waals surface area contributed by atoms with E-state index in [2.05, 4.69) is 0 Å². The number of hydrogen-bond acceptors (Lipinski definition) is 3. The Bertz CT molecular complexity index is 844. The standard InChI is InChI=1S/C20H22F2N2O2S/c1-13-7-10-27-18(13)12-23(2)19(25)14-5-8-24(9-6-14)20(26)16-4-3-15(21)11-17(16)22/h3-4,7,10-11,14H,5-6,8-9,12H2,1-2H3. The predicted molar refractivity (Wildman–Crippen MR) is 101 cm³/mol. The molecule has 1 aromatic heterocycles. The van der Waals surface area contributed by atoms with Gasteiger partial charge >= 0.3 is 0 Å². The maximum atomic E-state index is 13.8. The zero-order chi connectivity index (χ0) is 19.6. The molecule has 0 unspecified atom stereocenters. The van der Waals surface area contributed by atoms with Gasteiger partial charge in [0.2, 0.25) is 5.91 Å². The third-order valence-corrected chi connectivity index (χ3v) is 6.03. The summed E-state index contributed by atoms with van der Waals surface area (Å²) >= 11 is 1.64. The van der Waals surface area contributed by atoms with Crippen molar-refractivity contribution in [3.05, 3.63) is 57.3 Å². The minimum atomic E-state index is -0.857. The Morgan fingerprint density at radius 1 is 1.22 bits per heavy atom. The van der Waals surface area contributed by atoms with E-state index in [1.54, 1.807) is 23.3 Å². The Hall–Kier alpha value is -2.28. The zero-order valence-corrected chi connectivity index (χ0v) is 16.2. The molecule has 144 valence electrons. The molecule has 2 amide bonds. The lowest BCUT2D eigenvalue weighted by molar-refractivity contribution is -0.136. The molecule has 0 bridgehead atoms. The van der Waals surface area contributed by atoms with Crippen molar-refractivity contribution in [2.24, 2.45) is 5.92 Å². The summed E-state index contributed by atoms with van der Waals surface area (Å²) in [7, 11) is 1.80. The Morgan fingerprint density at radius 3 is 2.52 bits per heavy atom. The summed E-state index contributed by atoms with van der Waals surface area (Å²) in [5.41, 5.74) is 1.05. The fourth-order valence-electron chi connectivity index (χ4n) is 3.33. The molecule has 2 heterocycles. The molecule has 1 saturated heterocycles. The maximum absolute atomic E-state index is 13.8. The van der Waals surface area contributed by atoms with Crippen LogP contribution in [0, 0.1) is 24.5 Å². The quantitative estimate of drug-likeness (QED) is 0.793. The van der Waals surface area contributed by atoms with Gasteiger partial charge in [-0.3, -0.25) is 9.59 Å². The van der Waals surface area contributed by atoms with Crippen LogP contribution in [-0.2, 0) is 11.3 Å². The van der Waals surface area contributed by atoms with Crippen LogP contribution in [0.3, 0.4) is 0 Å². The summed E-state index contributed by atoms with van der Waals surface area (Å²) in [5, 5.41) is 2.02. The van der Waals surface area contributed by atoms with E-state index in [-0.39, 0.29) is 17.4 Å². The summed E-state index contributed by atoms with van der Waals surface area (Å²) in [5.74, 6) is -2.09. The first-order valence-electron chi connectivity index (χ1n) is 8.89. The molecule has 0 saturated carbocycles. The first kappa shape index (κ1) is 19.5. The normalized spacial score (nSPS) is 15.0. The van der Waals surface area contributed by atoms with Gasteiger partial charge in [0.1, 0.15) is 11.6 Å². The smallest absolute Gasteiger partial charge is 0.256 e. The first-order chi connectivity index (χ1) is 12.9. The van der Waals surface area contributed by atoms with Gasteiger partial charge in [-0.05, 0) is 48.9 Å². The van der Waals surface area contributed by atoms with E-state index in [1.165, 1.54) is 21.4 Å². The van der Waals surface area contributed by atoms with Crippen molar-refractivity contribution in [1.29, 1.82) is 0 Å². The van der Waals surface area contributed by atoms with Gasteiger partial charge in [-0.1, -0.05) is 0 Å². The third-order valence-electron chi connectivity index (χ3n) is 5.02. The molecule has 0 spiro atoms. The number of thiophene rings is 1. The van der Waals surface area contributed by atoms with E-state index < -0.39 is 17.5 Å². The number of likely N-dealkylation sites (tertiary alicyclic amines) is 1. The van der Waals surface area contributed by atoms with Crippen molar-refractivity contribution in [3.8, 4) is 0 Å².